The number of amides is 2. The van der Waals surface area contributed by atoms with Gasteiger partial charge in [0.15, 0.2) is 0 Å². The maximum absolute atomic E-state index is 12.9. The highest BCUT2D eigenvalue weighted by atomic mass is 35.5. The lowest BCUT2D eigenvalue weighted by Crippen LogP contribution is -2.32. The molecule has 3 aromatic rings. The summed E-state index contributed by atoms with van der Waals surface area (Å²) < 4.78 is 5.80. The van der Waals surface area contributed by atoms with Gasteiger partial charge in [-0.15, -0.1) is 0 Å². The quantitative estimate of drug-likeness (QED) is 0.256. The van der Waals surface area contributed by atoms with Crippen LogP contribution in [0, 0.1) is 20.8 Å². The van der Waals surface area contributed by atoms with Crippen molar-refractivity contribution in [1.82, 2.24) is 4.90 Å². The lowest BCUT2D eigenvalue weighted by Gasteiger charge is -2.14. The Morgan fingerprint density at radius 2 is 1.67 bits per heavy atom. The lowest BCUT2D eigenvalue weighted by atomic mass is 10.1. The molecule has 4 rings (SSSR count). The third kappa shape index (κ3) is 5.95. The van der Waals surface area contributed by atoms with Crippen LogP contribution < -0.4 is 4.74 Å². The molecule has 1 heterocycles. The molecule has 0 bridgehead atoms. The Bertz CT molecular complexity index is 1400. The van der Waals surface area contributed by atoms with Crippen LogP contribution in [0.2, 0.25) is 5.02 Å². The molecule has 1 aliphatic heterocycles. The summed E-state index contributed by atoms with van der Waals surface area (Å²) in [7, 11) is 0. The van der Waals surface area contributed by atoms with E-state index in [4.69, 9.17) is 16.3 Å². The number of phenolic OH excluding ortho intramolecular Hbond substituents is 1. The number of nitrogens with zero attached hydrogens (tertiary/aromatic N) is 3. The van der Waals surface area contributed by atoms with Crippen molar-refractivity contribution >= 4 is 52.0 Å². The van der Waals surface area contributed by atoms with Crippen molar-refractivity contribution in [1.29, 1.82) is 0 Å². The highest BCUT2D eigenvalue weighted by Crippen LogP contribution is 2.35. The van der Waals surface area contributed by atoms with E-state index in [9.17, 15) is 14.7 Å². The Labute approximate surface area is 218 Å². The number of thioether (sulfide) groups is 1. The molecule has 0 saturated carbocycles. The summed E-state index contributed by atoms with van der Waals surface area (Å²) in [6.07, 6.45) is 1.48. The normalized spacial score (nSPS) is 14.9. The van der Waals surface area contributed by atoms with Gasteiger partial charge in [-0.2, -0.15) is 10.2 Å². The van der Waals surface area contributed by atoms with Gasteiger partial charge in [-0.1, -0.05) is 29.8 Å². The van der Waals surface area contributed by atoms with Crippen molar-refractivity contribution in [3.63, 3.8) is 0 Å². The number of azo groups is 1. The molecule has 184 valence electrons. The molecule has 0 spiro atoms. The molecular formula is C27H24ClN3O4S. The van der Waals surface area contributed by atoms with Crippen LogP contribution in [0.3, 0.4) is 0 Å². The number of hydrogen-bond acceptors (Lipinski definition) is 7. The minimum absolute atomic E-state index is 0.0441. The van der Waals surface area contributed by atoms with E-state index in [1.54, 1.807) is 24.3 Å². The van der Waals surface area contributed by atoms with E-state index in [1.807, 2.05) is 45.0 Å². The van der Waals surface area contributed by atoms with E-state index in [0.717, 1.165) is 39.1 Å². The van der Waals surface area contributed by atoms with Gasteiger partial charge in [0.05, 0.1) is 22.8 Å². The second kappa shape index (κ2) is 11.0. The molecule has 1 N–H and O–H groups in total. The molecule has 1 aliphatic rings. The van der Waals surface area contributed by atoms with Crippen molar-refractivity contribution in [2.45, 2.75) is 20.8 Å². The minimum Gasteiger partial charge on any atom is -0.507 e. The fourth-order valence-electron chi connectivity index (χ4n) is 3.42. The highest BCUT2D eigenvalue weighted by molar-refractivity contribution is 8.18. The molecule has 36 heavy (non-hydrogen) atoms. The van der Waals surface area contributed by atoms with Crippen molar-refractivity contribution < 1.29 is 19.4 Å². The van der Waals surface area contributed by atoms with Gasteiger partial charge in [-0.25, -0.2) is 0 Å². The Morgan fingerprint density at radius 1 is 0.972 bits per heavy atom. The van der Waals surface area contributed by atoms with Crippen LogP contribution in [0.5, 0.6) is 11.5 Å². The molecule has 9 heteroatoms. The molecule has 0 aliphatic carbocycles. The van der Waals surface area contributed by atoms with Gasteiger partial charge < -0.3 is 9.84 Å². The number of phenols is 1. The molecule has 7 nitrogen and oxygen atoms in total. The fourth-order valence-corrected chi connectivity index (χ4v) is 4.45. The third-order valence-electron chi connectivity index (χ3n) is 5.52. The largest absolute Gasteiger partial charge is 0.507 e. The number of hydrogen-bond donors (Lipinski definition) is 1. The molecule has 1 fully saturated rings. The average Bonchev–Trinajstić information content (AvgIpc) is 3.11. The molecule has 0 atom stereocenters. The molecule has 3 aromatic carbocycles. The zero-order chi connectivity index (χ0) is 25.8. The molecule has 2 amide bonds. The van der Waals surface area contributed by atoms with Crippen molar-refractivity contribution in [3.05, 3.63) is 86.8 Å². The summed E-state index contributed by atoms with van der Waals surface area (Å²) in [6.45, 7) is 6.11. The molecule has 0 unspecified atom stereocenters. The number of aromatic hydroxyl groups is 1. The summed E-state index contributed by atoms with van der Waals surface area (Å²) in [4.78, 5) is 26.7. The van der Waals surface area contributed by atoms with E-state index < -0.39 is 5.91 Å². The van der Waals surface area contributed by atoms with Crippen molar-refractivity contribution in [3.8, 4) is 11.5 Å². The van der Waals surface area contributed by atoms with Gasteiger partial charge >= 0.3 is 0 Å². The number of aryl methyl sites for hydroxylation is 3. The zero-order valence-corrected chi connectivity index (χ0v) is 21.6. The standard InChI is InChI=1S/C27H24ClN3O4S/c1-16-4-5-18(3)24(12-16)35-11-10-31-26(33)25(36-27(31)34)14-19-13-20(8-9-23(19)32)29-30-21-7-6-17(2)22(28)15-21/h4-9,12-15,32H,10-11H2,1-3H3/b25-14-,30-29?. The summed E-state index contributed by atoms with van der Waals surface area (Å²) in [5.41, 5.74) is 4.39. The van der Waals surface area contributed by atoms with Gasteiger partial charge in [0.1, 0.15) is 18.1 Å². The van der Waals surface area contributed by atoms with Crippen LogP contribution in [0.1, 0.15) is 22.3 Å². The second-order valence-corrected chi connectivity index (χ2v) is 9.73. The maximum atomic E-state index is 12.9. The number of benzene rings is 3. The number of ether oxygens (including phenoxy) is 1. The van der Waals surface area contributed by atoms with E-state index >= 15 is 0 Å². The average molecular weight is 522 g/mol. The van der Waals surface area contributed by atoms with Crippen molar-refractivity contribution in [2.75, 3.05) is 13.2 Å². The number of carbonyl (C=O) groups is 2. The van der Waals surface area contributed by atoms with Crippen molar-refractivity contribution in [2.24, 2.45) is 10.2 Å². The Hall–Kier alpha value is -3.62. The number of imide groups is 1. The van der Waals surface area contributed by atoms with E-state index in [2.05, 4.69) is 10.2 Å². The lowest BCUT2D eigenvalue weighted by molar-refractivity contribution is -0.123. The predicted molar refractivity (Wildman–Crippen MR) is 143 cm³/mol. The van der Waals surface area contributed by atoms with Gasteiger partial charge in [-0.05, 0) is 91.7 Å². The number of halogens is 1. The Morgan fingerprint density at radius 3 is 2.42 bits per heavy atom. The van der Waals surface area contributed by atoms with Crippen LogP contribution in [0.25, 0.3) is 6.08 Å². The van der Waals surface area contributed by atoms with Gasteiger partial charge in [0.25, 0.3) is 11.1 Å². The van der Waals surface area contributed by atoms with Crippen LogP contribution in [-0.4, -0.2) is 34.3 Å². The first-order chi connectivity index (χ1) is 17.2. The van der Waals surface area contributed by atoms with Crippen LogP contribution in [0.4, 0.5) is 16.2 Å². The number of rotatable bonds is 7. The third-order valence-corrected chi connectivity index (χ3v) is 6.84. The number of carbonyl (C=O) groups excluding carboxylic acids is 2. The van der Waals surface area contributed by atoms with E-state index in [-0.39, 0.29) is 29.0 Å². The molecule has 0 aromatic heterocycles. The SMILES string of the molecule is Cc1ccc(C)c(OCCN2C(=O)S/C(=C\c3cc(N=Nc4ccc(C)c(Cl)c4)ccc3O)C2=O)c1. The summed E-state index contributed by atoms with van der Waals surface area (Å²) in [6, 6.07) is 15.9. The topological polar surface area (TPSA) is 91.6 Å². The van der Waals surface area contributed by atoms with Gasteiger partial charge in [-0.3, -0.25) is 14.5 Å². The first kappa shape index (κ1) is 25.5. The predicted octanol–water partition coefficient (Wildman–Crippen LogP) is 7.50. The minimum atomic E-state index is -0.435. The van der Waals surface area contributed by atoms with Gasteiger partial charge in [0, 0.05) is 10.6 Å². The zero-order valence-electron chi connectivity index (χ0n) is 20.0. The molecular weight excluding hydrogens is 498 g/mol. The first-order valence-electron chi connectivity index (χ1n) is 11.2. The second-order valence-electron chi connectivity index (χ2n) is 8.33. The summed E-state index contributed by atoms with van der Waals surface area (Å²) >= 11 is 6.95. The Balaban J connectivity index is 1.46. The van der Waals surface area contributed by atoms with E-state index in [0.29, 0.717) is 22.0 Å². The van der Waals surface area contributed by atoms with Gasteiger partial charge in [0.2, 0.25) is 0 Å². The summed E-state index contributed by atoms with van der Waals surface area (Å²) in [5, 5.41) is 18.9. The fraction of sp³-hybridized carbons (Fsp3) is 0.185. The van der Waals surface area contributed by atoms with Crippen LogP contribution in [-0.2, 0) is 4.79 Å². The monoisotopic (exact) mass is 521 g/mol. The van der Waals surface area contributed by atoms with E-state index in [1.165, 1.54) is 12.1 Å². The first-order valence-corrected chi connectivity index (χ1v) is 12.4. The highest BCUT2D eigenvalue weighted by Gasteiger charge is 2.35. The molecule has 0 radical (unpaired) electrons. The van der Waals surface area contributed by atoms with Crippen LogP contribution >= 0.6 is 23.4 Å². The summed E-state index contributed by atoms with van der Waals surface area (Å²) in [5.74, 6) is 0.244. The smallest absolute Gasteiger partial charge is 0.293 e. The Kier molecular flexibility index (Phi) is 7.76. The maximum Gasteiger partial charge on any atom is 0.293 e. The molecule has 1 saturated heterocycles. The van der Waals surface area contributed by atoms with Crippen LogP contribution in [0.15, 0.2) is 69.7 Å².